The van der Waals surface area contributed by atoms with Crippen LogP contribution in [-0.2, 0) is 0 Å². The van der Waals surface area contributed by atoms with Gasteiger partial charge in [0.15, 0.2) is 0 Å². The van der Waals surface area contributed by atoms with Gasteiger partial charge in [-0.2, -0.15) is 0 Å². The van der Waals surface area contributed by atoms with Crippen LogP contribution in [0.5, 0.6) is 0 Å². The molecule has 0 spiro atoms. The minimum atomic E-state index is -0.219. The number of nitrogens with zero attached hydrogens (tertiary/aromatic N) is 1. The number of rotatable bonds is 4. The Morgan fingerprint density at radius 1 is 1.09 bits per heavy atom. The lowest BCUT2D eigenvalue weighted by Gasteiger charge is -2.29. The maximum Gasteiger partial charge on any atom is 0.255 e. The fraction of sp³-hybridized carbons (Fsp3) is 0.222. The van der Waals surface area contributed by atoms with Crippen molar-refractivity contribution in [2.45, 2.75) is 0 Å². The molecule has 0 unspecified atom stereocenters. The highest BCUT2D eigenvalue weighted by Gasteiger charge is 2.11. The molecule has 1 saturated heterocycles. The second kappa shape index (κ2) is 7.07. The van der Waals surface area contributed by atoms with Gasteiger partial charge >= 0.3 is 0 Å². The van der Waals surface area contributed by atoms with E-state index in [0.717, 1.165) is 43.8 Å². The van der Waals surface area contributed by atoms with Crippen molar-refractivity contribution in [3.05, 3.63) is 59.7 Å². The van der Waals surface area contributed by atoms with Crippen molar-refractivity contribution in [2.75, 3.05) is 36.4 Å². The largest absolute Gasteiger partial charge is 0.369 e. The molecule has 0 atom stereocenters. The lowest BCUT2D eigenvalue weighted by molar-refractivity contribution is 0.102. The molecular weight excluding hydrogens is 290 g/mol. The molecule has 2 aromatic rings. The third-order valence-electron chi connectivity index (χ3n) is 3.89. The molecule has 0 saturated carbocycles. The maximum atomic E-state index is 12.2. The molecule has 1 aliphatic heterocycles. The number of carbonyl (C=O) groups is 2. The number of carbonyl (C=O) groups excluding carboxylic acids is 2. The van der Waals surface area contributed by atoms with Crippen molar-refractivity contribution in [3.8, 4) is 0 Å². The quantitative estimate of drug-likeness (QED) is 0.850. The van der Waals surface area contributed by atoms with Crippen LogP contribution >= 0.6 is 0 Å². The Balaban J connectivity index is 1.67. The van der Waals surface area contributed by atoms with Gasteiger partial charge in [0.1, 0.15) is 6.29 Å². The molecule has 0 aliphatic carbocycles. The molecule has 5 nitrogen and oxygen atoms in total. The Hall–Kier alpha value is -2.66. The van der Waals surface area contributed by atoms with E-state index in [4.69, 9.17) is 0 Å². The Kier molecular flexibility index (Phi) is 4.68. The summed E-state index contributed by atoms with van der Waals surface area (Å²) >= 11 is 0. The normalized spacial score (nSPS) is 14.3. The van der Waals surface area contributed by atoms with Crippen molar-refractivity contribution in [3.63, 3.8) is 0 Å². The predicted molar refractivity (Wildman–Crippen MR) is 91.3 cm³/mol. The first-order valence-corrected chi connectivity index (χ1v) is 7.68. The molecule has 2 aromatic carbocycles. The third kappa shape index (κ3) is 3.76. The number of hydrogen-bond acceptors (Lipinski definition) is 4. The molecule has 23 heavy (non-hydrogen) atoms. The molecule has 1 fully saturated rings. The van der Waals surface area contributed by atoms with E-state index in [-0.39, 0.29) is 5.91 Å². The van der Waals surface area contributed by atoms with Crippen molar-refractivity contribution < 1.29 is 9.59 Å². The number of piperazine rings is 1. The summed E-state index contributed by atoms with van der Waals surface area (Å²) in [5, 5.41) is 6.18. The standard InChI is InChI=1S/C18H19N3O2/c22-13-14-2-1-3-15(12-14)18(23)20-16-4-6-17(7-5-16)21-10-8-19-9-11-21/h1-7,12-13,19H,8-11H2,(H,20,23). The SMILES string of the molecule is O=Cc1cccc(C(=O)Nc2ccc(N3CCNCC3)cc2)c1. The first-order chi connectivity index (χ1) is 11.3. The Bertz CT molecular complexity index is 692. The number of hydrogen-bond donors (Lipinski definition) is 2. The van der Waals surface area contributed by atoms with Crippen molar-refractivity contribution in [2.24, 2.45) is 0 Å². The molecule has 2 N–H and O–H groups in total. The van der Waals surface area contributed by atoms with E-state index < -0.39 is 0 Å². The van der Waals surface area contributed by atoms with Gasteiger partial charge in [-0.15, -0.1) is 0 Å². The summed E-state index contributed by atoms with van der Waals surface area (Å²) in [7, 11) is 0. The summed E-state index contributed by atoms with van der Waals surface area (Å²) in [5.41, 5.74) is 2.87. The average molecular weight is 309 g/mol. The van der Waals surface area contributed by atoms with E-state index in [1.165, 1.54) is 0 Å². The maximum absolute atomic E-state index is 12.2. The van der Waals surface area contributed by atoms with Crippen LogP contribution in [0.2, 0.25) is 0 Å². The summed E-state index contributed by atoms with van der Waals surface area (Å²) in [4.78, 5) is 25.3. The summed E-state index contributed by atoms with van der Waals surface area (Å²) < 4.78 is 0. The Morgan fingerprint density at radius 2 is 1.83 bits per heavy atom. The first-order valence-electron chi connectivity index (χ1n) is 7.68. The fourth-order valence-corrected chi connectivity index (χ4v) is 2.64. The molecule has 0 aromatic heterocycles. The van der Waals surface area contributed by atoms with Crippen LogP contribution in [-0.4, -0.2) is 38.4 Å². The summed E-state index contributed by atoms with van der Waals surface area (Å²) in [6.45, 7) is 3.96. The topological polar surface area (TPSA) is 61.4 Å². The van der Waals surface area contributed by atoms with Crippen LogP contribution < -0.4 is 15.5 Å². The summed E-state index contributed by atoms with van der Waals surface area (Å²) in [6.07, 6.45) is 0.735. The van der Waals surface area contributed by atoms with Gasteiger partial charge in [-0.3, -0.25) is 9.59 Å². The van der Waals surface area contributed by atoms with Gasteiger partial charge in [-0.1, -0.05) is 12.1 Å². The highest BCUT2D eigenvalue weighted by atomic mass is 16.1. The highest BCUT2D eigenvalue weighted by Crippen LogP contribution is 2.19. The molecule has 0 radical (unpaired) electrons. The third-order valence-corrected chi connectivity index (χ3v) is 3.89. The van der Waals surface area contributed by atoms with Gasteiger partial charge in [-0.05, 0) is 36.4 Å². The zero-order chi connectivity index (χ0) is 16.1. The van der Waals surface area contributed by atoms with Gasteiger partial charge in [0.05, 0.1) is 0 Å². The molecule has 1 heterocycles. The monoisotopic (exact) mass is 309 g/mol. The molecule has 1 aliphatic rings. The lowest BCUT2D eigenvalue weighted by atomic mass is 10.1. The van der Waals surface area contributed by atoms with Crippen LogP contribution in [0.4, 0.5) is 11.4 Å². The Labute approximate surface area is 135 Å². The van der Waals surface area contributed by atoms with E-state index in [9.17, 15) is 9.59 Å². The fourth-order valence-electron chi connectivity index (χ4n) is 2.64. The molecule has 1 amide bonds. The molecular formula is C18H19N3O2. The molecule has 5 heteroatoms. The number of nitrogens with one attached hydrogen (secondary N) is 2. The lowest BCUT2D eigenvalue weighted by Crippen LogP contribution is -2.43. The van der Waals surface area contributed by atoms with E-state index in [2.05, 4.69) is 15.5 Å². The van der Waals surface area contributed by atoms with Gasteiger partial charge in [0, 0.05) is 48.7 Å². The summed E-state index contributed by atoms with van der Waals surface area (Å²) in [5.74, 6) is -0.219. The molecule has 0 bridgehead atoms. The van der Waals surface area contributed by atoms with Gasteiger partial charge in [0.2, 0.25) is 0 Å². The van der Waals surface area contributed by atoms with Crippen LogP contribution in [0.15, 0.2) is 48.5 Å². The first kappa shape index (κ1) is 15.2. The van der Waals surface area contributed by atoms with Gasteiger partial charge < -0.3 is 15.5 Å². The number of aldehydes is 1. The zero-order valence-electron chi connectivity index (χ0n) is 12.8. The number of benzene rings is 2. The highest BCUT2D eigenvalue weighted by molar-refractivity contribution is 6.05. The van der Waals surface area contributed by atoms with E-state index in [1.54, 1.807) is 24.3 Å². The Morgan fingerprint density at radius 3 is 2.52 bits per heavy atom. The minimum absolute atomic E-state index is 0.219. The van der Waals surface area contributed by atoms with Crippen molar-refractivity contribution in [1.29, 1.82) is 0 Å². The number of anilines is 2. The van der Waals surface area contributed by atoms with Crippen molar-refractivity contribution >= 4 is 23.6 Å². The summed E-state index contributed by atoms with van der Waals surface area (Å²) in [6, 6.07) is 14.5. The van der Waals surface area contributed by atoms with Crippen LogP contribution in [0.25, 0.3) is 0 Å². The van der Waals surface area contributed by atoms with E-state index >= 15 is 0 Å². The minimum Gasteiger partial charge on any atom is -0.369 e. The smallest absolute Gasteiger partial charge is 0.255 e. The van der Waals surface area contributed by atoms with E-state index in [0.29, 0.717) is 11.1 Å². The number of amides is 1. The van der Waals surface area contributed by atoms with Gasteiger partial charge in [-0.25, -0.2) is 0 Å². The van der Waals surface area contributed by atoms with E-state index in [1.807, 2.05) is 24.3 Å². The average Bonchev–Trinajstić information content (AvgIpc) is 2.63. The molecule has 118 valence electrons. The van der Waals surface area contributed by atoms with Crippen LogP contribution in [0, 0.1) is 0 Å². The second-order valence-electron chi connectivity index (χ2n) is 5.48. The van der Waals surface area contributed by atoms with Crippen LogP contribution in [0.1, 0.15) is 20.7 Å². The predicted octanol–water partition coefficient (Wildman–Crippen LogP) is 2.16. The second-order valence-corrected chi connectivity index (χ2v) is 5.48. The van der Waals surface area contributed by atoms with Gasteiger partial charge in [0.25, 0.3) is 5.91 Å². The zero-order valence-corrected chi connectivity index (χ0v) is 12.8. The van der Waals surface area contributed by atoms with Crippen LogP contribution in [0.3, 0.4) is 0 Å². The van der Waals surface area contributed by atoms with Crippen molar-refractivity contribution in [1.82, 2.24) is 5.32 Å². The molecule has 3 rings (SSSR count).